The minimum atomic E-state index is -1.50. The molecule has 1 saturated heterocycles. The fraction of sp³-hybridized carbons (Fsp3) is 0.222. The molecule has 2 aromatic rings. The molecule has 0 aromatic heterocycles. The first-order chi connectivity index (χ1) is 13.8. The quantitative estimate of drug-likeness (QED) is 0.593. The number of nitrogens with zero attached hydrogens (tertiary/aromatic N) is 4. The lowest BCUT2D eigenvalue weighted by atomic mass is 10.1. The van der Waals surface area contributed by atoms with Crippen molar-refractivity contribution in [3.05, 3.63) is 73.8 Å². The van der Waals surface area contributed by atoms with Crippen molar-refractivity contribution in [1.29, 1.82) is 0 Å². The van der Waals surface area contributed by atoms with Gasteiger partial charge < -0.3 is 14.9 Å². The highest BCUT2D eigenvalue weighted by Crippen LogP contribution is 2.39. The number of nitro benzene ring substituents is 2. The van der Waals surface area contributed by atoms with Crippen molar-refractivity contribution in [2.24, 2.45) is 0 Å². The van der Waals surface area contributed by atoms with Crippen molar-refractivity contribution in [2.75, 3.05) is 31.1 Å². The molecule has 0 bridgehead atoms. The van der Waals surface area contributed by atoms with Gasteiger partial charge in [0.25, 0.3) is 5.91 Å². The highest BCUT2D eigenvalue weighted by molar-refractivity contribution is 5.95. The standard InChI is InChI=1S/C18H16N4O7/c23-17(12-4-2-1-3-5-12)20-8-6-19(7-9-20)16-14(21(26)27)10-13(18(24)25)11-15(16)22(28)29/h1-5,10-11H,6-9H2,(H,24,25). The summed E-state index contributed by atoms with van der Waals surface area (Å²) in [6.07, 6.45) is 0. The zero-order valence-electron chi connectivity index (χ0n) is 15.1. The number of hydrogen-bond acceptors (Lipinski definition) is 7. The van der Waals surface area contributed by atoms with Crippen molar-refractivity contribution in [3.63, 3.8) is 0 Å². The monoisotopic (exact) mass is 400 g/mol. The number of piperazine rings is 1. The molecule has 1 aliphatic heterocycles. The van der Waals surface area contributed by atoms with Crippen LogP contribution >= 0.6 is 0 Å². The third-order valence-electron chi connectivity index (χ3n) is 4.61. The highest BCUT2D eigenvalue weighted by Gasteiger charge is 2.34. The molecule has 0 atom stereocenters. The first-order valence-corrected chi connectivity index (χ1v) is 8.59. The summed E-state index contributed by atoms with van der Waals surface area (Å²) in [5, 5.41) is 32.0. The number of aromatic carboxylic acids is 1. The van der Waals surface area contributed by atoms with Gasteiger partial charge in [0.2, 0.25) is 0 Å². The predicted molar refractivity (Wildman–Crippen MR) is 101 cm³/mol. The van der Waals surface area contributed by atoms with Gasteiger partial charge in [0.05, 0.1) is 15.4 Å². The minimum Gasteiger partial charge on any atom is -0.478 e. The number of carboxylic acids is 1. The number of rotatable bonds is 5. The van der Waals surface area contributed by atoms with E-state index in [1.54, 1.807) is 35.2 Å². The average Bonchev–Trinajstić information content (AvgIpc) is 2.72. The Hall–Kier alpha value is -4.02. The van der Waals surface area contributed by atoms with Gasteiger partial charge in [-0.15, -0.1) is 0 Å². The van der Waals surface area contributed by atoms with Gasteiger partial charge in [0.1, 0.15) is 0 Å². The largest absolute Gasteiger partial charge is 0.478 e. The van der Waals surface area contributed by atoms with E-state index in [1.165, 1.54) is 4.90 Å². The Labute approximate surface area is 164 Å². The number of carbonyl (C=O) groups is 2. The van der Waals surface area contributed by atoms with Crippen LogP contribution in [0.3, 0.4) is 0 Å². The van der Waals surface area contributed by atoms with E-state index in [9.17, 15) is 29.8 Å². The lowest BCUT2D eigenvalue weighted by Crippen LogP contribution is -2.49. The van der Waals surface area contributed by atoms with Crippen molar-refractivity contribution < 1.29 is 24.5 Å². The molecule has 0 saturated carbocycles. The molecule has 2 aromatic carbocycles. The molecular formula is C18H16N4O7. The molecule has 0 unspecified atom stereocenters. The van der Waals surface area contributed by atoms with Crippen molar-refractivity contribution in [1.82, 2.24) is 4.90 Å². The van der Waals surface area contributed by atoms with Gasteiger partial charge in [-0.1, -0.05) is 18.2 Å². The zero-order chi connectivity index (χ0) is 21.1. The number of hydrogen-bond donors (Lipinski definition) is 1. The summed E-state index contributed by atoms with van der Waals surface area (Å²) in [6.45, 7) is 0.685. The number of carboxylic acid groups (broad SMARTS) is 1. The maximum Gasteiger partial charge on any atom is 0.336 e. The van der Waals surface area contributed by atoms with E-state index in [1.807, 2.05) is 0 Å². The number of nitro groups is 2. The Bertz CT molecular complexity index is 950. The summed E-state index contributed by atoms with van der Waals surface area (Å²) in [5.41, 5.74) is -1.59. The van der Waals surface area contributed by atoms with Gasteiger partial charge in [-0.3, -0.25) is 25.0 Å². The fourth-order valence-electron chi connectivity index (χ4n) is 3.23. The van der Waals surface area contributed by atoms with Crippen LogP contribution in [0.15, 0.2) is 42.5 Å². The summed E-state index contributed by atoms with van der Waals surface area (Å²) in [7, 11) is 0. The van der Waals surface area contributed by atoms with Gasteiger partial charge in [0, 0.05) is 43.9 Å². The van der Waals surface area contributed by atoms with Crippen LogP contribution in [-0.4, -0.2) is 57.9 Å². The van der Waals surface area contributed by atoms with Gasteiger partial charge in [-0.2, -0.15) is 0 Å². The van der Waals surface area contributed by atoms with Crippen LogP contribution in [0.2, 0.25) is 0 Å². The maximum absolute atomic E-state index is 12.5. The second-order valence-electron chi connectivity index (χ2n) is 6.33. The first kappa shape index (κ1) is 19.7. The number of carbonyl (C=O) groups excluding carboxylic acids is 1. The fourth-order valence-corrected chi connectivity index (χ4v) is 3.23. The van der Waals surface area contributed by atoms with Crippen LogP contribution < -0.4 is 4.90 Å². The van der Waals surface area contributed by atoms with E-state index in [0.717, 1.165) is 12.1 Å². The topological polar surface area (TPSA) is 147 Å². The summed E-state index contributed by atoms with van der Waals surface area (Å²) in [6, 6.07) is 10.2. The van der Waals surface area contributed by atoms with Gasteiger partial charge >= 0.3 is 17.3 Å². The Kier molecular flexibility index (Phi) is 5.39. The lowest BCUT2D eigenvalue weighted by Gasteiger charge is -2.35. The first-order valence-electron chi connectivity index (χ1n) is 8.59. The van der Waals surface area contributed by atoms with E-state index in [0.29, 0.717) is 5.56 Å². The van der Waals surface area contributed by atoms with Crippen molar-refractivity contribution in [3.8, 4) is 0 Å². The van der Waals surface area contributed by atoms with Crippen LogP contribution in [-0.2, 0) is 0 Å². The van der Waals surface area contributed by atoms with E-state index in [4.69, 9.17) is 5.11 Å². The summed E-state index contributed by atoms with van der Waals surface area (Å²) in [4.78, 5) is 48.0. The Morgan fingerprint density at radius 3 is 1.83 bits per heavy atom. The molecule has 1 amide bonds. The van der Waals surface area contributed by atoms with Gasteiger partial charge in [-0.05, 0) is 12.1 Å². The number of anilines is 1. The van der Waals surface area contributed by atoms with Crippen LogP contribution in [0.1, 0.15) is 20.7 Å². The van der Waals surface area contributed by atoms with Crippen molar-refractivity contribution >= 4 is 28.9 Å². The van der Waals surface area contributed by atoms with E-state index in [-0.39, 0.29) is 37.8 Å². The minimum absolute atomic E-state index is 0.132. The SMILES string of the molecule is O=C(O)c1cc([N+](=O)[O-])c(N2CCN(C(=O)c3ccccc3)CC2)c([N+](=O)[O-])c1. The Morgan fingerprint density at radius 1 is 0.862 bits per heavy atom. The van der Waals surface area contributed by atoms with Gasteiger partial charge in [-0.25, -0.2) is 4.79 Å². The second-order valence-corrected chi connectivity index (χ2v) is 6.33. The summed E-state index contributed by atoms with van der Waals surface area (Å²) < 4.78 is 0. The zero-order valence-corrected chi connectivity index (χ0v) is 15.1. The molecule has 0 radical (unpaired) electrons. The number of amides is 1. The van der Waals surface area contributed by atoms with Crippen LogP contribution in [0.4, 0.5) is 17.1 Å². The molecule has 11 heteroatoms. The molecule has 1 aliphatic rings. The van der Waals surface area contributed by atoms with Crippen LogP contribution in [0.5, 0.6) is 0 Å². The summed E-state index contributed by atoms with van der Waals surface area (Å²) in [5.74, 6) is -1.70. The van der Waals surface area contributed by atoms with Gasteiger partial charge in [0.15, 0.2) is 5.69 Å². The molecule has 0 aliphatic carbocycles. The second kappa shape index (κ2) is 7.92. The maximum atomic E-state index is 12.5. The average molecular weight is 400 g/mol. The molecule has 1 fully saturated rings. The molecule has 3 rings (SSSR count). The highest BCUT2D eigenvalue weighted by atomic mass is 16.6. The molecule has 1 heterocycles. The van der Waals surface area contributed by atoms with Crippen molar-refractivity contribution in [2.45, 2.75) is 0 Å². The Morgan fingerprint density at radius 2 is 1.38 bits per heavy atom. The third kappa shape index (κ3) is 3.98. The summed E-state index contributed by atoms with van der Waals surface area (Å²) >= 11 is 0. The smallest absolute Gasteiger partial charge is 0.336 e. The molecular weight excluding hydrogens is 384 g/mol. The molecule has 150 valence electrons. The molecule has 1 N–H and O–H groups in total. The van der Waals surface area contributed by atoms with Crippen LogP contribution in [0, 0.1) is 20.2 Å². The van der Waals surface area contributed by atoms with E-state index < -0.39 is 32.8 Å². The molecule has 0 spiro atoms. The van der Waals surface area contributed by atoms with E-state index >= 15 is 0 Å². The van der Waals surface area contributed by atoms with E-state index in [2.05, 4.69) is 0 Å². The molecule has 29 heavy (non-hydrogen) atoms. The Balaban J connectivity index is 1.90. The predicted octanol–water partition coefficient (Wildman–Crippen LogP) is 2.16. The third-order valence-corrected chi connectivity index (χ3v) is 4.61. The lowest BCUT2D eigenvalue weighted by molar-refractivity contribution is -0.392. The normalized spacial score (nSPS) is 13.8. The van der Waals surface area contributed by atoms with Crippen LogP contribution in [0.25, 0.3) is 0 Å². The molecule has 11 nitrogen and oxygen atoms in total. The number of benzene rings is 2.